The van der Waals surface area contributed by atoms with Gasteiger partial charge in [-0.25, -0.2) is 4.98 Å². The number of nitrogen functional groups attached to an aromatic ring is 1. The lowest BCUT2D eigenvalue weighted by Crippen LogP contribution is -2.38. The molecule has 4 N–H and O–H groups in total. The van der Waals surface area contributed by atoms with Gasteiger partial charge in [-0.1, -0.05) is 0 Å². The van der Waals surface area contributed by atoms with Gasteiger partial charge in [0.05, 0.1) is 11.7 Å². The van der Waals surface area contributed by atoms with Crippen molar-refractivity contribution in [1.82, 2.24) is 4.98 Å². The maximum absolute atomic E-state index is 12.8. The van der Waals surface area contributed by atoms with E-state index in [0.29, 0.717) is 19.4 Å². The van der Waals surface area contributed by atoms with Gasteiger partial charge in [-0.3, -0.25) is 5.41 Å². The molecule has 0 atom stereocenters. The lowest BCUT2D eigenvalue weighted by molar-refractivity contribution is -0.141. The van der Waals surface area contributed by atoms with Gasteiger partial charge in [0.2, 0.25) is 0 Å². The molecule has 0 unspecified atom stereocenters. The fourth-order valence-corrected chi connectivity index (χ4v) is 2.43. The first-order valence-electron chi connectivity index (χ1n) is 6.50. The highest BCUT2D eigenvalue weighted by molar-refractivity contribution is 5.99. The van der Waals surface area contributed by atoms with Crippen LogP contribution in [0.2, 0.25) is 0 Å². The summed E-state index contributed by atoms with van der Waals surface area (Å²) in [5, 5.41) is 16.7. The first kappa shape index (κ1) is 15.6. The highest BCUT2D eigenvalue weighted by atomic mass is 19.4. The second kappa shape index (κ2) is 5.51. The molecule has 0 aliphatic heterocycles. The molecule has 0 radical (unpaired) electrons. The number of aliphatic hydroxyl groups is 1. The maximum atomic E-state index is 12.8. The topological polar surface area (TPSA) is 86.2 Å². The molecule has 2 rings (SSSR count). The van der Waals surface area contributed by atoms with Crippen LogP contribution in [-0.2, 0) is 6.18 Å². The summed E-state index contributed by atoms with van der Waals surface area (Å²) < 4.78 is 38.3. The van der Waals surface area contributed by atoms with E-state index in [1.807, 2.05) is 0 Å². The van der Waals surface area contributed by atoms with E-state index in [9.17, 15) is 18.3 Å². The zero-order valence-electron chi connectivity index (χ0n) is 11.5. The molecule has 8 heteroatoms. The Morgan fingerprint density at radius 3 is 2.57 bits per heavy atom. The van der Waals surface area contributed by atoms with Gasteiger partial charge in [-0.05, 0) is 30.9 Å². The Kier molecular flexibility index (Phi) is 4.08. The lowest BCUT2D eigenvalue weighted by Gasteiger charge is -2.35. The number of amidine groups is 1. The van der Waals surface area contributed by atoms with Crippen molar-refractivity contribution < 1.29 is 18.3 Å². The molecule has 0 aromatic carbocycles. The SMILES string of the molecule is CN(CC1CC(O)C1)c1nc(C(F)(F)F)ccc1C(=N)N. The summed E-state index contributed by atoms with van der Waals surface area (Å²) >= 11 is 0. The van der Waals surface area contributed by atoms with Gasteiger partial charge in [0, 0.05) is 13.6 Å². The van der Waals surface area contributed by atoms with Crippen LogP contribution in [0, 0.1) is 11.3 Å². The van der Waals surface area contributed by atoms with E-state index in [-0.39, 0.29) is 29.2 Å². The van der Waals surface area contributed by atoms with Crippen molar-refractivity contribution in [1.29, 1.82) is 5.41 Å². The van der Waals surface area contributed by atoms with Crippen molar-refractivity contribution in [2.45, 2.75) is 25.1 Å². The minimum absolute atomic E-state index is 0.0405. The summed E-state index contributed by atoms with van der Waals surface area (Å²) in [6.07, 6.45) is -3.63. The van der Waals surface area contributed by atoms with Crippen LogP contribution in [-0.4, -0.2) is 35.6 Å². The van der Waals surface area contributed by atoms with Gasteiger partial charge in [0.15, 0.2) is 0 Å². The normalized spacial score (nSPS) is 21.8. The lowest BCUT2D eigenvalue weighted by atomic mass is 9.82. The molecule has 21 heavy (non-hydrogen) atoms. The molecule has 0 saturated heterocycles. The number of rotatable bonds is 4. The number of anilines is 1. The number of hydrogen-bond donors (Lipinski definition) is 3. The molecule has 0 bridgehead atoms. The monoisotopic (exact) mass is 302 g/mol. The van der Waals surface area contributed by atoms with Crippen molar-refractivity contribution in [3.05, 3.63) is 23.4 Å². The number of nitrogens with one attached hydrogen (secondary N) is 1. The zero-order valence-corrected chi connectivity index (χ0v) is 11.5. The molecule has 1 saturated carbocycles. The number of nitrogens with two attached hydrogens (primary N) is 1. The van der Waals surface area contributed by atoms with Crippen molar-refractivity contribution >= 4 is 11.7 Å². The summed E-state index contributed by atoms with van der Waals surface area (Å²) in [5.41, 5.74) is 4.57. The minimum atomic E-state index is -4.54. The average Bonchev–Trinajstić information content (AvgIpc) is 2.34. The fraction of sp³-hybridized carbons (Fsp3) is 0.538. The molecular formula is C13H17F3N4O. The Morgan fingerprint density at radius 2 is 2.10 bits per heavy atom. The predicted octanol–water partition coefficient (Wildman–Crippen LogP) is 1.59. The van der Waals surface area contributed by atoms with Gasteiger partial charge in [0.1, 0.15) is 17.3 Å². The van der Waals surface area contributed by atoms with Crippen LogP contribution >= 0.6 is 0 Å². The minimum Gasteiger partial charge on any atom is -0.393 e. The Bertz CT molecular complexity index is 541. The fourth-order valence-electron chi connectivity index (χ4n) is 2.43. The highest BCUT2D eigenvalue weighted by Gasteiger charge is 2.34. The third-order valence-corrected chi connectivity index (χ3v) is 3.56. The predicted molar refractivity (Wildman–Crippen MR) is 72.3 cm³/mol. The number of alkyl halides is 3. The van der Waals surface area contributed by atoms with Crippen LogP contribution < -0.4 is 10.6 Å². The molecular weight excluding hydrogens is 285 g/mol. The molecule has 1 aromatic rings. The number of aromatic nitrogens is 1. The number of halogens is 3. The summed E-state index contributed by atoms with van der Waals surface area (Å²) in [4.78, 5) is 5.17. The van der Waals surface area contributed by atoms with Crippen LogP contribution in [0.5, 0.6) is 0 Å². The molecule has 1 aliphatic carbocycles. The van der Waals surface area contributed by atoms with Crippen LogP contribution in [0.25, 0.3) is 0 Å². The van der Waals surface area contributed by atoms with E-state index in [1.165, 1.54) is 6.07 Å². The van der Waals surface area contributed by atoms with Gasteiger partial charge in [-0.2, -0.15) is 13.2 Å². The summed E-state index contributed by atoms with van der Waals surface area (Å²) in [6, 6.07) is 1.99. The molecule has 1 aromatic heterocycles. The van der Waals surface area contributed by atoms with E-state index >= 15 is 0 Å². The quantitative estimate of drug-likeness (QED) is 0.582. The van der Waals surface area contributed by atoms with Crippen molar-refractivity contribution in [2.24, 2.45) is 11.7 Å². The van der Waals surface area contributed by atoms with Gasteiger partial charge < -0.3 is 15.7 Å². The zero-order chi connectivity index (χ0) is 15.8. The van der Waals surface area contributed by atoms with E-state index in [2.05, 4.69) is 4.98 Å². The van der Waals surface area contributed by atoms with Crippen LogP contribution in [0.15, 0.2) is 12.1 Å². The van der Waals surface area contributed by atoms with Gasteiger partial charge in [-0.15, -0.1) is 0 Å². The van der Waals surface area contributed by atoms with E-state index in [1.54, 1.807) is 11.9 Å². The number of aliphatic hydroxyl groups excluding tert-OH is 1. The van der Waals surface area contributed by atoms with E-state index in [4.69, 9.17) is 11.1 Å². The van der Waals surface area contributed by atoms with Crippen LogP contribution in [0.3, 0.4) is 0 Å². The third kappa shape index (κ3) is 3.44. The summed E-state index contributed by atoms with van der Waals surface area (Å²) in [7, 11) is 1.61. The average molecular weight is 302 g/mol. The standard InChI is InChI=1S/C13H17F3N4O/c1-20(6-7-4-8(21)5-7)12-9(11(17)18)2-3-10(19-12)13(14,15)16/h2-3,7-8,21H,4-6H2,1H3,(H3,17,18). The summed E-state index contributed by atoms with van der Waals surface area (Å²) in [5.74, 6) is -0.0772. The molecule has 1 fully saturated rings. The Hall–Kier alpha value is -1.83. The van der Waals surface area contributed by atoms with Crippen LogP contribution in [0.4, 0.5) is 19.0 Å². The largest absolute Gasteiger partial charge is 0.433 e. The first-order valence-corrected chi connectivity index (χ1v) is 6.50. The van der Waals surface area contributed by atoms with Gasteiger partial charge >= 0.3 is 6.18 Å². The summed E-state index contributed by atoms with van der Waals surface area (Å²) in [6.45, 7) is 0.464. The molecule has 1 heterocycles. The second-order valence-corrected chi connectivity index (χ2v) is 5.35. The van der Waals surface area contributed by atoms with Crippen LogP contribution in [0.1, 0.15) is 24.1 Å². The van der Waals surface area contributed by atoms with Crippen molar-refractivity contribution in [3.63, 3.8) is 0 Å². The molecule has 1 aliphatic rings. The Morgan fingerprint density at radius 1 is 1.48 bits per heavy atom. The molecule has 0 spiro atoms. The van der Waals surface area contributed by atoms with Crippen molar-refractivity contribution in [3.8, 4) is 0 Å². The molecule has 116 valence electrons. The number of pyridine rings is 1. The van der Waals surface area contributed by atoms with E-state index < -0.39 is 11.9 Å². The number of nitrogens with zero attached hydrogens (tertiary/aromatic N) is 2. The molecule has 0 amide bonds. The Labute approximate surface area is 120 Å². The Balaban J connectivity index is 2.27. The van der Waals surface area contributed by atoms with Crippen molar-refractivity contribution in [2.75, 3.05) is 18.5 Å². The highest BCUT2D eigenvalue weighted by Crippen LogP contribution is 2.32. The maximum Gasteiger partial charge on any atom is 0.433 e. The number of hydrogen-bond acceptors (Lipinski definition) is 4. The van der Waals surface area contributed by atoms with Gasteiger partial charge in [0.25, 0.3) is 0 Å². The second-order valence-electron chi connectivity index (χ2n) is 5.35. The van der Waals surface area contributed by atoms with E-state index in [0.717, 1.165) is 6.07 Å². The smallest absolute Gasteiger partial charge is 0.393 e. The first-order chi connectivity index (χ1) is 9.68. The third-order valence-electron chi connectivity index (χ3n) is 3.56. The molecule has 5 nitrogen and oxygen atoms in total.